The Bertz CT molecular complexity index is 1140. The van der Waals surface area contributed by atoms with Crippen LogP contribution in [0.5, 0.6) is 5.75 Å². The van der Waals surface area contributed by atoms with E-state index >= 15 is 0 Å². The molecule has 1 heterocycles. The fraction of sp³-hybridized carbons (Fsp3) is 0.200. The topological polar surface area (TPSA) is 15.7 Å². The van der Waals surface area contributed by atoms with Crippen molar-refractivity contribution in [2.24, 2.45) is 0 Å². The van der Waals surface area contributed by atoms with Crippen molar-refractivity contribution in [3.63, 3.8) is 0 Å². The van der Waals surface area contributed by atoms with E-state index in [0.29, 0.717) is 5.82 Å². The zero-order valence-corrected chi connectivity index (χ0v) is 19.8. The number of hydrogen-bond donors (Lipinski definition) is 0. The maximum Gasteiger partial charge on any atom is 0.142 e. The number of benzene rings is 4. The minimum Gasteiger partial charge on any atom is -0.492 e. The van der Waals surface area contributed by atoms with Crippen LogP contribution in [0.25, 0.3) is 0 Å². The fourth-order valence-electron chi connectivity index (χ4n) is 4.63. The lowest BCUT2D eigenvalue weighted by Crippen LogP contribution is -2.27. The molecule has 4 heteroatoms. The summed E-state index contributed by atoms with van der Waals surface area (Å²) in [5, 5.41) is 0. The van der Waals surface area contributed by atoms with Gasteiger partial charge in [-0.3, -0.25) is 0 Å². The van der Waals surface area contributed by atoms with E-state index in [2.05, 4.69) is 127 Å². The molecule has 4 aromatic rings. The third-order valence-electron chi connectivity index (χ3n) is 6.35. The summed E-state index contributed by atoms with van der Waals surface area (Å²) in [6.45, 7) is 4.30. The lowest BCUT2D eigenvalue weighted by Gasteiger charge is -2.29. The van der Waals surface area contributed by atoms with Gasteiger partial charge < -0.3 is 14.5 Å². The van der Waals surface area contributed by atoms with Gasteiger partial charge in [-0.1, -0.05) is 91.0 Å². The highest BCUT2D eigenvalue weighted by Gasteiger charge is 2.22. The van der Waals surface area contributed by atoms with Gasteiger partial charge in [0.05, 0.1) is 12.3 Å². The summed E-state index contributed by atoms with van der Waals surface area (Å²) in [6.07, 6.45) is 0. The molecule has 4 aromatic carbocycles. The normalized spacial score (nSPS) is 15.2. The molecule has 1 aliphatic heterocycles. The minimum absolute atomic E-state index is 0.462. The highest BCUT2D eigenvalue weighted by Crippen LogP contribution is 2.37. The van der Waals surface area contributed by atoms with E-state index in [1.54, 1.807) is 0 Å². The minimum atomic E-state index is 0.462. The molecule has 1 unspecified atom stereocenters. The van der Waals surface area contributed by atoms with Gasteiger partial charge in [-0.25, -0.2) is 0 Å². The molecule has 0 N–H and O–H groups in total. The summed E-state index contributed by atoms with van der Waals surface area (Å²) in [6, 6.07) is 38.8. The van der Waals surface area contributed by atoms with Gasteiger partial charge in [0.15, 0.2) is 0 Å². The molecule has 34 heavy (non-hydrogen) atoms. The number of nitrogens with zero attached hydrogens (tertiary/aromatic N) is 2. The van der Waals surface area contributed by atoms with E-state index in [9.17, 15) is 0 Å². The fourth-order valence-corrected chi connectivity index (χ4v) is 4.63. The zero-order valence-electron chi connectivity index (χ0n) is 19.8. The first-order chi connectivity index (χ1) is 16.7. The Hall–Kier alpha value is -3.66. The second kappa shape index (κ2) is 10.5. The molecule has 0 spiro atoms. The van der Waals surface area contributed by atoms with Gasteiger partial charge in [-0.2, -0.15) is 0 Å². The van der Waals surface area contributed by atoms with Gasteiger partial charge >= 0.3 is 0 Å². The predicted molar refractivity (Wildman–Crippen MR) is 144 cm³/mol. The van der Waals surface area contributed by atoms with Crippen LogP contribution in [0, 0.1) is 0 Å². The SMILES string of the molecule is BC1COc2ccc(N(Cc3ccccc3)Cc3ccccc3)cc2N(Cc2ccccc2)C1. The van der Waals surface area contributed by atoms with Crippen molar-refractivity contribution in [3.8, 4) is 5.75 Å². The third-order valence-corrected chi connectivity index (χ3v) is 6.35. The standard InChI is InChI=1S/C30H31BN2O/c31-27-22-33(21-26-14-8-3-9-15-26)29-18-28(16-17-30(29)34-23-27)32(19-24-10-4-1-5-11-24)20-25-12-6-2-7-13-25/h1-18,27H,19-23,31H2. The highest BCUT2D eigenvalue weighted by atomic mass is 16.5. The second-order valence-corrected chi connectivity index (χ2v) is 9.26. The van der Waals surface area contributed by atoms with Crippen LogP contribution in [0.3, 0.4) is 0 Å². The Morgan fingerprint density at radius 2 is 1.29 bits per heavy atom. The van der Waals surface area contributed by atoms with Crippen LogP contribution in [-0.2, 0) is 19.6 Å². The Morgan fingerprint density at radius 1 is 0.735 bits per heavy atom. The van der Waals surface area contributed by atoms with Gasteiger partial charge in [-0.15, -0.1) is 0 Å². The summed E-state index contributed by atoms with van der Waals surface area (Å²) in [4.78, 5) is 4.94. The van der Waals surface area contributed by atoms with Gasteiger partial charge in [0, 0.05) is 31.9 Å². The lowest BCUT2D eigenvalue weighted by atomic mass is 9.88. The van der Waals surface area contributed by atoms with E-state index in [1.165, 1.54) is 28.1 Å². The van der Waals surface area contributed by atoms with Crippen molar-refractivity contribution in [2.45, 2.75) is 25.5 Å². The van der Waals surface area contributed by atoms with E-state index in [0.717, 1.165) is 38.5 Å². The summed E-state index contributed by atoms with van der Waals surface area (Å²) in [5.41, 5.74) is 6.32. The molecular weight excluding hydrogens is 415 g/mol. The Labute approximate surface area is 204 Å². The number of fused-ring (bicyclic) bond motifs is 1. The molecule has 170 valence electrons. The first kappa shape index (κ1) is 22.2. The monoisotopic (exact) mass is 446 g/mol. The lowest BCUT2D eigenvalue weighted by molar-refractivity contribution is 0.322. The molecule has 0 radical (unpaired) electrons. The smallest absolute Gasteiger partial charge is 0.142 e. The van der Waals surface area contributed by atoms with Crippen molar-refractivity contribution in [1.82, 2.24) is 0 Å². The average Bonchev–Trinajstić information content (AvgIpc) is 3.03. The number of rotatable bonds is 7. The number of hydrogen-bond acceptors (Lipinski definition) is 3. The first-order valence-corrected chi connectivity index (χ1v) is 12.1. The maximum absolute atomic E-state index is 6.24. The molecule has 0 amide bonds. The summed E-state index contributed by atoms with van der Waals surface area (Å²) in [7, 11) is 2.27. The Balaban J connectivity index is 1.50. The summed E-state index contributed by atoms with van der Waals surface area (Å²) < 4.78 is 6.24. The summed E-state index contributed by atoms with van der Waals surface area (Å²) >= 11 is 0. The van der Waals surface area contributed by atoms with Crippen molar-refractivity contribution in [2.75, 3.05) is 23.0 Å². The van der Waals surface area contributed by atoms with Crippen LogP contribution in [0.2, 0.25) is 5.82 Å². The van der Waals surface area contributed by atoms with Crippen LogP contribution < -0.4 is 14.5 Å². The van der Waals surface area contributed by atoms with Crippen LogP contribution in [0.1, 0.15) is 16.7 Å². The third kappa shape index (κ3) is 5.45. The molecule has 5 rings (SSSR count). The van der Waals surface area contributed by atoms with Crippen LogP contribution in [-0.4, -0.2) is 21.0 Å². The van der Waals surface area contributed by atoms with E-state index in [1.807, 2.05) is 0 Å². The van der Waals surface area contributed by atoms with Crippen LogP contribution >= 0.6 is 0 Å². The molecule has 0 saturated carbocycles. The van der Waals surface area contributed by atoms with Crippen molar-refractivity contribution < 1.29 is 4.74 Å². The number of anilines is 2. The molecule has 0 fully saturated rings. The Morgan fingerprint density at radius 3 is 1.88 bits per heavy atom. The van der Waals surface area contributed by atoms with Crippen LogP contribution in [0.15, 0.2) is 109 Å². The molecule has 0 saturated heterocycles. The quantitative estimate of drug-likeness (QED) is 0.338. The van der Waals surface area contributed by atoms with Gasteiger partial charge in [0.25, 0.3) is 0 Å². The molecule has 1 atom stereocenters. The molecular formula is C30H31BN2O. The second-order valence-electron chi connectivity index (χ2n) is 9.26. The van der Waals surface area contributed by atoms with Crippen LogP contribution in [0.4, 0.5) is 11.4 Å². The summed E-state index contributed by atoms with van der Waals surface area (Å²) in [5.74, 6) is 1.44. The largest absolute Gasteiger partial charge is 0.492 e. The van der Waals surface area contributed by atoms with Gasteiger partial charge in [0.2, 0.25) is 0 Å². The van der Waals surface area contributed by atoms with Crippen molar-refractivity contribution in [3.05, 3.63) is 126 Å². The van der Waals surface area contributed by atoms with E-state index in [-0.39, 0.29) is 0 Å². The molecule has 0 bridgehead atoms. The van der Waals surface area contributed by atoms with Crippen molar-refractivity contribution in [1.29, 1.82) is 0 Å². The van der Waals surface area contributed by atoms with Gasteiger partial charge in [-0.05, 0) is 40.7 Å². The molecule has 0 aliphatic carbocycles. The highest BCUT2D eigenvalue weighted by molar-refractivity contribution is 6.12. The van der Waals surface area contributed by atoms with E-state index in [4.69, 9.17) is 4.74 Å². The molecule has 0 aromatic heterocycles. The average molecular weight is 446 g/mol. The Kier molecular flexibility index (Phi) is 6.85. The molecule has 1 aliphatic rings. The van der Waals surface area contributed by atoms with Gasteiger partial charge in [0.1, 0.15) is 13.6 Å². The first-order valence-electron chi connectivity index (χ1n) is 12.1. The maximum atomic E-state index is 6.24. The predicted octanol–water partition coefficient (Wildman–Crippen LogP) is 5.71. The molecule has 3 nitrogen and oxygen atoms in total. The number of ether oxygens (including phenoxy) is 1. The van der Waals surface area contributed by atoms with Crippen molar-refractivity contribution >= 4 is 19.2 Å². The zero-order chi connectivity index (χ0) is 23.2. The van der Waals surface area contributed by atoms with E-state index < -0.39 is 0 Å².